The predicted octanol–water partition coefficient (Wildman–Crippen LogP) is -0.0881. The average molecular weight is 487 g/mol. The number of ether oxygens (including phenoxy) is 2. The summed E-state index contributed by atoms with van der Waals surface area (Å²) in [5, 5.41) is 8.24. The van der Waals surface area contributed by atoms with Crippen LogP contribution in [0.15, 0.2) is 23.7 Å². The van der Waals surface area contributed by atoms with Crippen LogP contribution in [0.5, 0.6) is 5.88 Å². The minimum atomic E-state index is -0.270. The minimum Gasteiger partial charge on any atom is -0.477 e. The standard InChI is InChI=1S/C22H34N10O3/c1-30-14-25-12-18(30)20-27-17(11-19(28-20)35-13-15-5-9-34-10-6-15)21(33)26-16-3-7-32(8-4-16)22(29-23)31(2)24/h11-12,14-16H,3-10,13,23-24H2,1-2H3,(H,26,33)/b29-22+. The van der Waals surface area contributed by atoms with Crippen molar-refractivity contribution in [2.75, 3.05) is 40.0 Å². The quantitative estimate of drug-likeness (QED) is 0.218. The number of aryl methyl sites for hydroxylation is 1. The number of imidazole rings is 1. The monoisotopic (exact) mass is 486 g/mol. The van der Waals surface area contributed by atoms with E-state index in [1.54, 1.807) is 30.2 Å². The number of piperidine rings is 1. The zero-order valence-corrected chi connectivity index (χ0v) is 20.3. The Hall–Kier alpha value is -3.45. The predicted molar refractivity (Wildman–Crippen MR) is 129 cm³/mol. The molecule has 190 valence electrons. The third-order valence-electron chi connectivity index (χ3n) is 6.33. The number of hydrazine groups is 1. The van der Waals surface area contributed by atoms with Crippen LogP contribution in [0.4, 0.5) is 0 Å². The first-order chi connectivity index (χ1) is 16.9. The van der Waals surface area contributed by atoms with Crippen LogP contribution in [-0.2, 0) is 11.8 Å². The van der Waals surface area contributed by atoms with Crippen molar-refractivity contribution >= 4 is 11.9 Å². The van der Waals surface area contributed by atoms with E-state index in [0.29, 0.717) is 49.0 Å². The molecular formula is C22H34N10O3. The van der Waals surface area contributed by atoms with Crippen LogP contribution in [0.25, 0.3) is 11.5 Å². The van der Waals surface area contributed by atoms with Crippen molar-refractivity contribution < 1.29 is 14.3 Å². The molecule has 4 rings (SSSR count). The fourth-order valence-electron chi connectivity index (χ4n) is 4.30. The molecule has 5 N–H and O–H groups in total. The Morgan fingerprint density at radius 1 is 1.29 bits per heavy atom. The average Bonchev–Trinajstić information content (AvgIpc) is 3.30. The Labute approximate surface area is 204 Å². The lowest BCUT2D eigenvalue weighted by Gasteiger charge is -2.35. The number of carbonyl (C=O) groups excluding carboxylic acids is 1. The third-order valence-corrected chi connectivity index (χ3v) is 6.33. The maximum Gasteiger partial charge on any atom is 0.270 e. The Bertz CT molecular complexity index is 1030. The first-order valence-corrected chi connectivity index (χ1v) is 11.8. The first-order valence-electron chi connectivity index (χ1n) is 11.8. The molecule has 0 bridgehead atoms. The van der Waals surface area contributed by atoms with Gasteiger partial charge in [0, 0.05) is 52.5 Å². The second kappa shape index (κ2) is 11.3. The van der Waals surface area contributed by atoms with Crippen molar-refractivity contribution in [3.63, 3.8) is 0 Å². The molecule has 2 saturated heterocycles. The number of guanidine groups is 1. The highest BCUT2D eigenvalue weighted by molar-refractivity contribution is 5.93. The van der Waals surface area contributed by atoms with Gasteiger partial charge in [-0.2, -0.15) is 4.98 Å². The molecule has 4 heterocycles. The van der Waals surface area contributed by atoms with Gasteiger partial charge in [-0.3, -0.25) is 9.80 Å². The third kappa shape index (κ3) is 6.17. The Morgan fingerprint density at radius 3 is 2.66 bits per heavy atom. The smallest absolute Gasteiger partial charge is 0.270 e. The van der Waals surface area contributed by atoms with Gasteiger partial charge in [0.05, 0.1) is 19.1 Å². The van der Waals surface area contributed by atoms with Gasteiger partial charge in [-0.25, -0.2) is 15.8 Å². The Morgan fingerprint density at radius 2 is 2.03 bits per heavy atom. The molecule has 35 heavy (non-hydrogen) atoms. The van der Waals surface area contributed by atoms with E-state index in [1.165, 1.54) is 5.01 Å². The number of rotatable bonds is 6. The van der Waals surface area contributed by atoms with Crippen LogP contribution in [-0.4, -0.2) is 87.3 Å². The summed E-state index contributed by atoms with van der Waals surface area (Å²) in [5.41, 5.74) is 0.954. The SMILES string of the molecule is CN(N)/C(=N\N)N1CCC(NC(=O)c2cc(OCC3CCOCC3)nc(-c3cncn3C)n2)CC1. The molecule has 0 unspecified atom stereocenters. The molecule has 2 fully saturated rings. The number of amides is 1. The first kappa shape index (κ1) is 24.7. The molecule has 0 saturated carbocycles. The van der Waals surface area contributed by atoms with Gasteiger partial charge in [-0.15, -0.1) is 5.10 Å². The van der Waals surface area contributed by atoms with E-state index in [4.69, 9.17) is 21.2 Å². The number of hydrogen-bond donors (Lipinski definition) is 3. The highest BCUT2D eigenvalue weighted by atomic mass is 16.5. The molecule has 0 atom stereocenters. The summed E-state index contributed by atoms with van der Waals surface area (Å²) in [6.45, 7) is 3.35. The zero-order valence-electron chi connectivity index (χ0n) is 20.3. The minimum absolute atomic E-state index is 0.0115. The molecule has 2 aliphatic heterocycles. The summed E-state index contributed by atoms with van der Waals surface area (Å²) in [6.07, 6.45) is 6.68. The van der Waals surface area contributed by atoms with Crippen molar-refractivity contribution in [2.24, 2.45) is 29.8 Å². The van der Waals surface area contributed by atoms with E-state index < -0.39 is 0 Å². The fourth-order valence-corrected chi connectivity index (χ4v) is 4.30. The lowest BCUT2D eigenvalue weighted by molar-refractivity contribution is 0.0490. The summed E-state index contributed by atoms with van der Waals surface area (Å²) in [7, 11) is 3.54. The van der Waals surface area contributed by atoms with Crippen molar-refractivity contribution in [3.8, 4) is 17.4 Å². The van der Waals surface area contributed by atoms with Gasteiger partial charge in [0.25, 0.3) is 5.91 Å². The van der Waals surface area contributed by atoms with Gasteiger partial charge >= 0.3 is 0 Å². The van der Waals surface area contributed by atoms with Crippen molar-refractivity contribution in [1.82, 2.24) is 34.7 Å². The summed E-state index contributed by atoms with van der Waals surface area (Å²) < 4.78 is 13.2. The van der Waals surface area contributed by atoms with E-state index in [1.807, 2.05) is 11.9 Å². The molecule has 0 spiro atoms. The molecule has 0 aliphatic carbocycles. The van der Waals surface area contributed by atoms with Gasteiger partial charge in [0.15, 0.2) is 5.82 Å². The van der Waals surface area contributed by atoms with Gasteiger partial charge in [-0.05, 0) is 31.6 Å². The van der Waals surface area contributed by atoms with Crippen LogP contribution < -0.4 is 21.7 Å². The maximum atomic E-state index is 13.2. The van der Waals surface area contributed by atoms with Crippen LogP contribution >= 0.6 is 0 Å². The lowest BCUT2D eigenvalue weighted by Crippen LogP contribution is -2.52. The largest absolute Gasteiger partial charge is 0.477 e. The van der Waals surface area contributed by atoms with Gasteiger partial charge < -0.3 is 30.1 Å². The number of nitrogens with zero attached hydrogens (tertiary/aromatic N) is 7. The van der Waals surface area contributed by atoms with Gasteiger partial charge in [-0.1, -0.05) is 0 Å². The van der Waals surface area contributed by atoms with Crippen LogP contribution in [0.3, 0.4) is 0 Å². The number of aromatic nitrogens is 4. The van der Waals surface area contributed by atoms with Crippen molar-refractivity contribution in [1.29, 1.82) is 0 Å². The molecule has 2 aromatic rings. The topological polar surface area (TPSA) is 162 Å². The molecule has 0 radical (unpaired) electrons. The number of likely N-dealkylation sites (tertiary alicyclic amines) is 1. The Balaban J connectivity index is 1.45. The summed E-state index contributed by atoms with van der Waals surface area (Å²) >= 11 is 0. The number of nitrogens with one attached hydrogen (secondary N) is 1. The number of hydrogen-bond acceptors (Lipinski definition) is 9. The number of hydrazone groups is 1. The maximum absolute atomic E-state index is 13.2. The molecule has 0 aromatic carbocycles. The lowest BCUT2D eigenvalue weighted by atomic mass is 10.0. The van der Waals surface area contributed by atoms with E-state index >= 15 is 0 Å². The zero-order chi connectivity index (χ0) is 24.8. The highest BCUT2D eigenvalue weighted by Gasteiger charge is 2.25. The van der Waals surface area contributed by atoms with E-state index in [2.05, 4.69) is 25.4 Å². The Kier molecular flexibility index (Phi) is 7.98. The number of nitrogens with two attached hydrogens (primary N) is 2. The second-order valence-corrected chi connectivity index (χ2v) is 8.95. The molecule has 1 amide bonds. The normalized spacial score (nSPS) is 17.9. The number of carbonyl (C=O) groups is 1. The van der Waals surface area contributed by atoms with Crippen LogP contribution in [0.2, 0.25) is 0 Å². The van der Waals surface area contributed by atoms with Crippen LogP contribution in [0, 0.1) is 5.92 Å². The van der Waals surface area contributed by atoms with E-state index in [9.17, 15) is 4.79 Å². The van der Waals surface area contributed by atoms with Crippen molar-refractivity contribution in [3.05, 3.63) is 24.3 Å². The van der Waals surface area contributed by atoms with Crippen LogP contribution in [0.1, 0.15) is 36.2 Å². The van der Waals surface area contributed by atoms with Gasteiger partial charge in [0.1, 0.15) is 11.4 Å². The highest BCUT2D eigenvalue weighted by Crippen LogP contribution is 2.21. The molecule has 2 aliphatic rings. The summed E-state index contributed by atoms with van der Waals surface area (Å²) in [5.74, 6) is 12.7. The molecule has 13 heteroatoms. The van der Waals surface area contributed by atoms with Gasteiger partial charge in [0.2, 0.25) is 11.8 Å². The molecular weight excluding hydrogens is 452 g/mol. The fraction of sp³-hybridized carbons (Fsp3) is 0.591. The molecule has 13 nitrogen and oxygen atoms in total. The summed E-state index contributed by atoms with van der Waals surface area (Å²) in [6, 6.07) is 1.59. The van der Waals surface area contributed by atoms with E-state index in [-0.39, 0.29) is 17.6 Å². The summed E-state index contributed by atoms with van der Waals surface area (Å²) in [4.78, 5) is 28.4. The van der Waals surface area contributed by atoms with Crippen molar-refractivity contribution in [2.45, 2.75) is 31.7 Å². The van der Waals surface area contributed by atoms with E-state index in [0.717, 1.165) is 38.9 Å². The molecule has 2 aromatic heterocycles. The second-order valence-electron chi connectivity index (χ2n) is 8.95.